The zero-order valence-electron chi connectivity index (χ0n) is 37.6. The minimum atomic E-state index is 0.0448. The fourth-order valence-electron chi connectivity index (χ4n) is 11.4. The average molecular weight is 889 g/mol. The SMILES string of the molecule is C\C1=C(c2ccccc2)/N=C(c2ccc3c(c2)sc2ccccc23)\N=C(\c2cc(C3CCc4cc5ccccc5cc4-c4c3ccc3ccccc43)c3oc4c5ccccc5ccc4c3c2)CC1. The highest BCUT2D eigenvalue weighted by Gasteiger charge is 2.30. The molecule has 3 nitrogen and oxygen atoms in total. The molecule has 2 aromatic heterocycles. The summed E-state index contributed by atoms with van der Waals surface area (Å²) in [6.45, 7) is 2.25. The third kappa shape index (κ3) is 6.32. The van der Waals surface area contributed by atoms with E-state index < -0.39 is 0 Å². The molecule has 0 fully saturated rings. The van der Waals surface area contributed by atoms with Gasteiger partial charge in [0.15, 0.2) is 5.84 Å². The molecule has 0 amide bonds. The van der Waals surface area contributed by atoms with Crippen LogP contribution < -0.4 is 0 Å². The molecule has 0 N–H and O–H groups in total. The van der Waals surface area contributed by atoms with Crippen molar-refractivity contribution in [2.24, 2.45) is 9.98 Å². The van der Waals surface area contributed by atoms with Gasteiger partial charge in [-0.15, -0.1) is 11.3 Å². The molecular formula is C64H44N2OS. The van der Waals surface area contributed by atoms with Crippen LogP contribution in [0, 0.1) is 0 Å². The number of nitrogens with zero attached hydrogens (tertiary/aromatic N) is 2. The Bertz CT molecular complexity index is 4170. The Labute approximate surface area is 398 Å². The third-order valence-corrected chi connectivity index (χ3v) is 15.9. The summed E-state index contributed by atoms with van der Waals surface area (Å²) in [6.07, 6.45) is 3.47. The van der Waals surface area contributed by atoms with Crippen LogP contribution >= 0.6 is 11.3 Å². The maximum absolute atomic E-state index is 7.29. The number of hydrogen-bond donors (Lipinski definition) is 0. The highest BCUT2D eigenvalue weighted by Crippen LogP contribution is 2.49. The van der Waals surface area contributed by atoms with Crippen molar-refractivity contribution in [2.45, 2.75) is 38.5 Å². The van der Waals surface area contributed by atoms with E-state index in [9.17, 15) is 0 Å². The lowest BCUT2D eigenvalue weighted by atomic mass is 9.82. The predicted molar refractivity (Wildman–Crippen MR) is 289 cm³/mol. The van der Waals surface area contributed by atoms with E-state index in [4.69, 9.17) is 14.4 Å². The molecule has 0 saturated heterocycles. The number of furan rings is 1. The summed E-state index contributed by atoms with van der Waals surface area (Å²) < 4.78 is 9.81. The minimum absolute atomic E-state index is 0.0448. The minimum Gasteiger partial charge on any atom is -0.455 e. The van der Waals surface area contributed by atoms with Gasteiger partial charge in [0.05, 0.1) is 11.4 Å². The van der Waals surface area contributed by atoms with Crippen molar-refractivity contribution in [1.29, 1.82) is 0 Å². The number of benzene rings is 10. The normalized spacial score (nSPS) is 18.0. The Morgan fingerprint density at radius 3 is 2.00 bits per heavy atom. The molecular weight excluding hydrogens is 845 g/mol. The average Bonchev–Trinajstić information content (AvgIpc) is 3.91. The molecule has 4 heteroatoms. The van der Waals surface area contributed by atoms with E-state index >= 15 is 0 Å². The highest BCUT2D eigenvalue weighted by atomic mass is 32.1. The van der Waals surface area contributed by atoms with Crippen LogP contribution in [0.15, 0.2) is 214 Å². The summed E-state index contributed by atoms with van der Waals surface area (Å²) in [5.74, 6) is 0.777. The standard InChI is InChI=1S/C64H44N2OS/c1-38-23-32-57(65-64(66-61(38)41-15-3-2-4-16-41)45-27-29-51-50-21-11-12-22-58(50)68-59(51)37-45)46-35-55(63-56(36-46)53-31-25-40-14-8-10-20-48(40)62(53)67-63)49-28-26-44-33-42-17-5-6-18-43(42)34-54(44)60-47-19-9-7-13-39(47)24-30-52(49)60/h2-22,24-25,27,29-31,33-37,49H,23,26,28,32H2,1H3/b61-38+,65-57+,66-64-. The van der Waals surface area contributed by atoms with Gasteiger partial charge in [-0.05, 0) is 129 Å². The van der Waals surface area contributed by atoms with Gasteiger partial charge in [0.1, 0.15) is 11.2 Å². The first kappa shape index (κ1) is 39.3. The van der Waals surface area contributed by atoms with Gasteiger partial charge in [0.2, 0.25) is 0 Å². The van der Waals surface area contributed by atoms with Gasteiger partial charge in [0, 0.05) is 58.9 Å². The summed E-state index contributed by atoms with van der Waals surface area (Å²) in [5.41, 5.74) is 15.0. The van der Waals surface area contributed by atoms with Crippen LogP contribution in [-0.2, 0) is 6.42 Å². The lowest BCUT2D eigenvalue weighted by molar-refractivity contribution is 0.650. The zero-order chi connectivity index (χ0) is 44.9. The molecule has 0 spiro atoms. The Kier molecular flexibility index (Phi) is 9.00. The highest BCUT2D eigenvalue weighted by molar-refractivity contribution is 7.25. The number of thiophene rings is 1. The smallest absolute Gasteiger partial charge is 0.160 e. The molecule has 1 unspecified atom stereocenters. The van der Waals surface area contributed by atoms with Crippen molar-refractivity contribution in [1.82, 2.24) is 0 Å². The number of aliphatic imine (C=N–C) groups is 2. The summed E-state index contributed by atoms with van der Waals surface area (Å²) in [7, 11) is 0. The molecule has 14 rings (SSSR count). The predicted octanol–water partition coefficient (Wildman–Crippen LogP) is 17.6. The first-order valence-corrected chi connectivity index (χ1v) is 24.7. The topological polar surface area (TPSA) is 37.9 Å². The fraction of sp³-hybridized carbons (Fsp3) is 0.0938. The van der Waals surface area contributed by atoms with E-state index in [1.165, 1.54) is 80.5 Å². The van der Waals surface area contributed by atoms with Crippen LogP contribution in [0.25, 0.3) is 91.3 Å². The van der Waals surface area contributed by atoms with E-state index in [2.05, 4.69) is 201 Å². The van der Waals surface area contributed by atoms with E-state index in [0.717, 1.165) is 86.9 Å². The Balaban J connectivity index is 1.02. The first-order chi connectivity index (χ1) is 33.6. The Hall–Kier alpha value is -7.92. The number of aryl methyl sites for hydroxylation is 1. The van der Waals surface area contributed by atoms with Crippen LogP contribution in [0.3, 0.4) is 0 Å². The zero-order valence-corrected chi connectivity index (χ0v) is 38.4. The number of amidine groups is 1. The second-order valence-electron chi connectivity index (χ2n) is 18.7. The third-order valence-electron chi connectivity index (χ3n) is 14.8. The van der Waals surface area contributed by atoms with Gasteiger partial charge in [-0.1, -0.05) is 158 Å². The molecule has 2 aliphatic rings. The largest absolute Gasteiger partial charge is 0.455 e. The Morgan fingerprint density at radius 2 is 1.15 bits per heavy atom. The maximum atomic E-state index is 7.29. The monoisotopic (exact) mass is 888 g/mol. The number of rotatable bonds is 4. The second kappa shape index (κ2) is 15.6. The van der Waals surface area contributed by atoms with Gasteiger partial charge in [0.25, 0.3) is 0 Å². The molecule has 3 heterocycles. The molecule has 322 valence electrons. The maximum Gasteiger partial charge on any atom is 0.160 e. The second-order valence-corrected chi connectivity index (χ2v) is 19.8. The molecule has 1 aliphatic carbocycles. The molecule has 68 heavy (non-hydrogen) atoms. The molecule has 1 atom stereocenters. The molecule has 10 aromatic carbocycles. The Morgan fingerprint density at radius 1 is 0.456 bits per heavy atom. The molecule has 0 bridgehead atoms. The fourth-order valence-corrected chi connectivity index (χ4v) is 12.5. The molecule has 1 aliphatic heterocycles. The molecule has 12 aromatic rings. The van der Waals surface area contributed by atoms with Crippen LogP contribution in [0.5, 0.6) is 0 Å². The molecule has 0 radical (unpaired) electrons. The number of allylic oxidation sites excluding steroid dienone is 1. The quantitative estimate of drug-likeness (QED) is 0.173. The van der Waals surface area contributed by atoms with E-state index in [-0.39, 0.29) is 5.92 Å². The van der Waals surface area contributed by atoms with Crippen molar-refractivity contribution in [2.75, 3.05) is 0 Å². The first-order valence-electron chi connectivity index (χ1n) is 23.8. The van der Waals surface area contributed by atoms with Crippen LogP contribution in [0.4, 0.5) is 0 Å². The summed E-state index contributed by atoms with van der Waals surface area (Å²) >= 11 is 1.83. The van der Waals surface area contributed by atoms with Crippen molar-refractivity contribution in [3.05, 3.63) is 233 Å². The van der Waals surface area contributed by atoms with E-state index in [1.807, 2.05) is 11.3 Å². The lowest BCUT2D eigenvalue weighted by Crippen LogP contribution is -2.12. The van der Waals surface area contributed by atoms with Crippen molar-refractivity contribution in [3.8, 4) is 11.1 Å². The lowest BCUT2D eigenvalue weighted by Gasteiger charge is -2.22. The number of hydrogen-bond acceptors (Lipinski definition) is 4. The van der Waals surface area contributed by atoms with Gasteiger partial charge in [-0.2, -0.15) is 0 Å². The summed E-state index contributed by atoms with van der Waals surface area (Å²) in [6, 6.07) is 71.4. The van der Waals surface area contributed by atoms with Crippen molar-refractivity contribution < 1.29 is 4.42 Å². The van der Waals surface area contributed by atoms with Crippen molar-refractivity contribution in [3.63, 3.8) is 0 Å². The van der Waals surface area contributed by atoms with Gasteiger partial charge >= 0.3 is 0 Å². The number of fused-ring (bicyclic) bond motifs is 14. The summed E-state index contributed by atoms with van der Waals surface area (Å²) in [5, 5.41) is 12.2. The summed E-state index contributed by atoms with van der Waals surface area (Å²) in [4.78, 5) is 11.3. The van der Waals surface area contributed by atoms with Crippen molar-refractivity contribution >= 4 is 103 Å². The van der Waals surface area contributed by atoms with Crippen LogP contribution in [-0.4, -0.2) is 11.5 Å². The van der Waals surface area contributed by atoms with Gasteiger partial charge in [-0.3, -0.25) is 0 Å². The van der Waals surface area contributed by atoms with E-state index in [0.29, 0.717) is 0 Å². The van der Waals surface area contributed by atoms with Gasteiger partial charge < -0.3 is 4.42 Å². The van der Waals surface area contributed by atoms with Crippen LogP contribution in [0.1, 0.15) is 65.5 Å². The molecule has 0 saturated carbocycles. The van der Waals surface area contributed by atoms with E-state index in [1.54, 1.807) is 0 Å². The van der Waals surface area contributed by atoms with Crippen LogP contribution in [0.2, 0.25) is 0 Å². The van der Waals surface area contributed by atoms with Gasteiger partial charge in [-0.25, -0.2) is 9.98 Å².